The van der Waals surface area contributed by atoms with Gasteiger partial charge < -0.3 is 20.3 Å². The summed E-state index contributed by atoms with van der Waals surface area (Å²) in [6.07, 6.45) is 7.20. The summed E-state index contributed by atoms with van der Waals surface area (Å²) in [7, 11) is 3.45. The summed E-state index contributed by atoms with van der Waals surface area (Å²) in [4.78, 5) is 32.6. The number of methoxy groups -OCH3 is 1. The van der Waals surface area contributed by atoms with Gasteiger partial charge in [-0.1, -0.05) is 24.3 Å². The van der Waals surface area contributed by atoms with Gasteiger partial charge in [0.05, 0.1) is 24.6 Å². The second-order valence-electron chi connectivity index (χ2n) is 10.7. The van der Waals surface area contributed by atoms with Gasteiger partial charge in [-0.15, -0.1) is 0 Å². The van der Waals surface area contributed by atoms with Crippen LogP contribution in [0.15, 0.2) is 73.2 Å². The molecule has 0 radical (unpaired) electrons. The molecule has 0 saturated carbocycles. The van der Waals surface area contributed by atoms with E-state index in [-0.39, 0.29) is 17.9 Å². The Balaban J connectivity index is 1.22. The molecule has 41 heavy (non-hydrogen) atoms. The standard InChI is InChI=1S/C32H36N6O3/c1-21(2)35-30-12-10-26(18-33-30)31(39)36-28-17-25(9-11-29(28)41-4)32(40)38-15-13-24(14-16-38)22-5-7-23(8-6-22)27-19-34-37(3)20-27/h5-12,17-21,24H,13-16H2,1-4H3,(H,33,35)(H,36,39). The highest BCUT2D eigenvalue weighted by Crippen LogP contribution is 2.32. The van der Waals surface area contributed by atoms with E-state index in [1.165, 1.54) is 18.9 Å². The van der Waals surface area contributed by atoms with Gasteiger partial charge in [-0.3, -0.25) is 14.3 Å². The maximum absolute atomic E-state index is 13.4. The summed E-state index contributed by atoms with van der Waals surface area (Å²) in [5, 5.41) is 10.3. The number of hydrogen-bond acceptors (Lipinski definition) is 6. The van der Waals surface area contributed by atoms with Crippen LogP contribution < -0.4 is 15.4 Å². The maximum atomic E-state index is 13.4. The predicted octanol–water partition coefficient (Wildman–Crippen LogP) is 5.58. The molecule has 1 aliphatic rings. The quantitative estimate of drug-likeness (QED) is 0.296. The van der Waals surface area contributed by atoms with Crippen LogP contribution >= 0.6 is 0 Å². The van der Waals surface area contributed by atoms with Crippen LogP contribution in [0.5, 0.6) is 5.75 Å². The third-order valence-corrected chi connectivity index (χ3v) is 7.36. The van der Waals surface area contributed by atoms with E-state index in [0.29, 0.717) is 47.4 Å². The highest BCUT2D eigenvalue weighted by molar-refractivity contribution is 6.06. The predicted molar refractivity (Wildman–Crippen MR) is 160 cm³/mol. The number of nitrogens with zero attached hydrogens (tertiary/aromatic N) is 4. The van der Waals surface area contributed by atoms with Crippen LogP contribution in [0.3, 0.4) is 0 Å². The summed E-state index contributed by atoms with van der Waals surface area (Å²) in [5.41, 5.74) is 4.90. The number of likely N-dealkylation sites (tertiary alicyclic amines) is 1. The normalized spacial score (nSPS) is 13.7. The number of rotatable bonds is 8. The molecule has 2 amide bonds. The molecule has 9 heteroatoms. The smallest absolute Gasteiger partial charge is 0.257 e. The first-order valence-electron chi connectivity index (χ1n) is 13.9. The number of ether oxygens (including phenoxy) is 1. The van der Waals surface area contributed by atoms with Gasteiger partial charge in [0.15, 0.2) is 0 Å². The highest BCUT2D eigenvalue weighted by Gasteiger charge is 2.25. The Labute approximate surface area is 240 Å². The van der Waals surface area contributed by atoms with Crippen LogP contribution in [0.4, 0.5) is 11.5 Å². The molecule has 1 fully saturated rings. The SMILES string of the molecule is COc1ccc(C(=O)N2CCC(c3ccc(-c4cnn(C)c4)cc3)CC2)cc1NC(=O)c1ccc(NC(C)C)nc1. The number of aromatic nitrogens is 3. The van der Waals surface area contributed by atoms with Gasteiger partial charge in [-0.05, 0) is 74.1 Å². The second-order valence-corrected chi connectivity index (χ2v) is 10.7. The molecule has 0 bridgehead atoms. The van der Waals surface area contributed by atoms with Gasteiger partial charge in [0, 0.05) is 49.7 Å². The van der Waals surface area contributed by atoms with E-state index in [4.69, 9.17) is 4.74 Å². The van der Waals surface area contributed by atoms with Crippen molar-refractivity contribution in [3.05, 3.63) is 89.9 Å². The fraction of sp³-hybridized carbons (Fsp3) is 0.312. The Morgan fingerprint density at radius 3 is 2.29 bits per heavy atom. The third-order valence-electron chi connectivity index (χ3n) is 7.36. The third kappa shape index (κ3) is 6.57. The number of nitrogens with one attached hydrogen (secondary N) is 2. The zero-order valence-corrected chi connectivity index (χ0v) is 23.9. The molecule has 5 rings (SSSR count). The van der Waals surface area contributed by atoms with Crippen molar-refractivity contribution in [1.82, 2.24) is 19.7 Å². The molecule has 9 nitrogen and oxygen atoms in total. The fourth-order valence-corrected chi connectivity index (χ4v) is 5.16. The summed E-state index contributed by atoms with van der Waals surface area (Å²) in [6, 6.07) is 17.5. The molecule has 2 aromatic heterocycles. The molecule has 2 aromatic carbocycles. The van der Waals surface area contributed by atoms with Gasteiger partial charge in [0.25, 0.3) is 11.8 Å². The fourth-order valence-electron chi connectivity index (χ4n) is 5.16. The number of anilines is 2. The van der Waals surface area contributed by atoms with Crippen molar-refractivity contribution in [3.8, 4) is 16.9 Å². The van der Waals surface area contributed by atoms with Crippen LogP contribution in [-0.2, 0) is 7.05 Å². The average molecular weight is 553 g/mol. The van der Waals surface area contributed by atoms with Gasteiger partial charge >= 0.3 is 0 Å². The molecule has 1 aliphatic heterocycles. The first-order valence-corrected chi connectivity index (χ1v) is 13.9. The highest BCUT2D eigenvalue weighted by atomic mass is 16.5. The number of amides is 2. The molecule has 0 spiro atoms. The Morgan fingerprint density at radius 1 is 0.951 bits per heavy atom. The van der Waals surface area contributed by atoms with Crippen LogP contribution in [0.2, 0.25) is 0 Å². The van der Waals surface area contributed by atoms with Crippen molar-refractivity contribution >= 4 is 23.3 Å². The lowest BCUT2D eigenvalue weighted by Gasteiger charge is -2.32. The lowest BCUT2D eigenvalue weighted by atomic mass is 9.88. The van der Waals surface area contributed by atoms with E-state index in [1.807, 2.05) is 38.2 Å². The molecule has 0 atom stereocenters. The largest absolute Gasteiger partial charge is 0.495 e. The van der Waals surface area contributed by atoms with E-state index in [0.717, 1.165) is 24.0 Å². The van der Waals surface area contributed by atoms with Crippen LogP contribution in [0.25, 0.3) is 11.1 Å². The topological polar surface area (TPSA) is 101 Å². The number of carbonyl (C=O) groups is 2. The lowest BCUT2D eigenvalue weighted by molar-refractivity contribution is 0.0712. The van der Waals surface area contributed by atoms with Gasteiger partial charge in [0.1, 0.15) is 11.6 Å². The first kappa shape index (κ1) is 27.9. The number of pyridine rings is 1. The zero-order chi connectivity index (χ0) is 28.9. The maximum Gasteiger partial charge on any atom is 0.257 e. The number of aryl methyl sites for hydroxylation is 1. The molecule has 3 heterocycles. The number of benzene rings is 2. The number of carbonyl (C=O) groups excluding carboxylic acids is 2. The van der Waals surface area contributed by atoms with Crippen molar-refractivity contribution in [2.24, 2.45) is 7.05 Å². The summed E-state index contributed by atoms with van der Waals surface area (Å²) in [6.45, 7) is 5.39. The zero-order valence-electron chi connectivity index (χ0n) is 23.9. The van der Waals surface area contributed by atoms with E-state index in [1.54, 1.807) is 35.0 Å². The van der Waals surface area contributed by atoms with E-state index >= 15 is 0 Å². The van der Waals surface area contributed by atoms with Gasteiger partial charge in [-0.2, -0.15) is 5.10 Å². The lowest BCUT2D eigenvalue weighted by Crippen LogP contribution is -2.38. The molecular formula is C32H36N6O3. The van der Waals surface area contributed by atoms with Crippen LogP contribution in [0.1, 0.15) is 58.9 Å². The Bertz CT molecular complexity index is 1500. The summed E-state index contributed by atoms with van der Waals surface area (Å²) < 4.78 is 7.26. The van der Waals surface area contributed by atoms with Crippen LogP contribution in [0, 0.1) is 0 Å². The van der Waals surface area contributed by atoms with E-state index < -0.39 is 0 Å². The van der Waals surface area contributed by atoms with Crippen molar-refractivity contribution in [1.29, 1.82) is 0 Å². The minimum atomic E-state index is -0.327. The average Bonchev–Trinajstić information content (AvgIpc) is 3.43. The molecule has 2 N–H and O–H groups in total. The van der Waals surface area contributed by atoms with E-state index in [2.05, 4.69) is 45.0 Å². The van der Waals surface area contributed by atoms with Crippen molar-refractivity contribution < 1.29 is 14.3 Å². The van der Waals surface area contributed by atoms with Crippen molar-refractivity contribution in [3.63, 3.8) is 0 Å². The molecule has 4 aromatic rings. The summed E-state index contributed by atoms with van der Waals surface area (Å²) in [5.74, 6) is 1.20. The number of hydrogen-bond donors (Lipinski definition) is 2. The monoisotopic (exact) mass is 552 g/mol. The minimum absolute atomic E-state index is 0.0562. The van der Waals surface area contributed by atoms with Crippen LogP contribution in [-0.4, -0.2) is 57.7 Å². The van der Waals surface area contributed by atoms with E-state index in [9.17, 15) is 9.59 Å². The molecule has 1 saturated heterocycles. The van der Waals surface area contributed by atoms with Crippen molar-refractivity contribution in [2.75, 3.05) is 30.8 Å². The number of piperidine rings is 1. The summed E-state index contributed by atoms with van der Waals surface area (Å²) >= 11 is 0. The Hall–Kier alpha value is -4.66. The second kappa shape index (κ2) is 12.2. The molecule has 0 unspecified atom stereocenters. The van der Waals surface area contributed by atoms with Crippen molar-refractivity contribution in [2.45, 2.75) is 38.6 Å². The van der Waals surface area contributed by atoms with Gasteiger partial charge in [0.2, 0.25) is 0 Å². The molecule has 0 aliphatic carbocycles. The molecular weight excluding hydrogens is 516 g/mol. The van der Waals surface area contributed by atoms with Gasteiger partial charge in [-0.25, -0.2) is 4.98 Å². The minimum Gasteiger partial charge on any atom is -0.495 e. The Kier molecular flexibility index (Phi) is 8.33. The first-order chi connectivity index (χ1) is 19.8. The Morgan fingerprint density at radius 2 is 1.68 bits per heavy atom. The molecule has 212 valence electrons.